The lowest BCUT2D eigenvalue weighted by atomic mass is 10.0. The van der Waals surface area contributed by atoms with E-state index in [1.165, 1.54) is 25.3 Å². The summed E-state index contributed by atoms with van der Waals surface area (Å²) in [6, 6.07) is 4.78. The van der Waals surface area contributed by atoms with E-state index in [-0.39, 0.29) is 6.54 Å². The lowest BCUT2D eigenvalue weighted by Gasteiger charge is -2.22. The number of halogens is 3. The summed E-state index contributed by atoms with van der Waals surface area (Å²) in [5.41, 5.74) is -0.165. The average molecular weight is 317 g/mol. The van der Waals surface area contributed by atoms with Crippen LogP contribution in [0.3, 0.4) is 0 Å². The molecule has 1 N–H and O–H groups in total. The fourth-order valence-electron chi connectivity index (χ4n) is 2.68. The number of thioether (sulfide) groups is 1. The fraction of sp³-hybridized carbons (Fsp3) is 0.625. The third-order valence-electron chi connectivity index (χ3n) is 3.81. The van der Waals surface area contributed by atoms with E-state index in [0.717, 1.165) is 17.7 Å². The molecule has 0 radical (unpaired) electrons. The number of rotatable bonds is 5. The van der Waals surface area contributed by atoms with Crippen molar-refractivity contribution in [2.24, 2.45) is 0 Å². The number of hydrogen-bond acceptors (Lipinski definition) is 2. The van der Waals surface area contributed by atoms with E-state index in [1.807, 2.05) is 13.0 Å². The highest BCUT2D eigenvalue weighted by molar-refractivity contribution is 8.00. The van der Waals surface area contributed by atoms with E-state index in [0.29, 0.717) is 17.4 Å². The van der Waals surface area contributed by atoms with E-state index in [9.17, 15) is 13.2 Å². The molecular weight excluding hydrogens is 295 g/mol. The molecule has 0 aromatic heterocycles. The average Bonchev–Trinajstić information content (AvgIpc) is 2.46. The maximum atomic E-state index is 13.2. The van der Waals surface area contributed by atoms with Gasteiger partial charge in [-0.15, -0.1) is 11.8 Å². The van der Waals surface area contributed by atoms with Gasteiger partial charge in [0.2, 0.25) is 0 Å². The van der Waals surface area contributed by atoms with Crippen LogP contribution in [0.5, 0.6) is 0 Å². The summed E-state index contributed by atoms with van der Waals surface area (Å²) in [7, 11) is 0. The summed E-state index contributed by atoms with van der Waals surface area (Å²) in [5.74, 6) is 0. The van der Waals surface area contributed by atoms with Gasteiger partial charge in [-0.1, -0.05) is 32.3 Å². The number of alkyl halides is 3. The van der Waals surface area contributed by atoms with Gasteiger partial charge in [-0.25, -0.2) is 0 Å². The van der Waals surface area contributed by atoms with Crippen molar-refractivity contribution in [2.45, 2.75) is 61.9 Å². The number of hydrogen-bond donors (Lipinski definition) is 1. The Labute approximate surface area is 128 Å². The molecule has 0 atom stereocenters. The second kappa shape index (κ2) is 7.54. The Morgan fingerprint density at radius 2 is 1.90 bits per heavy atom. The van der Waals surface area contributed by atoms with Crippen LogP contribution in [0.25, 0.3) is 0 Å². The maximum absolute atomic E-state index is 13.2. The molecule has 21 heavy (non-hydrogen) atoms. The summed E-state index contributed by atoms with van der Waals surface area (Å²) in [6.45, 7) is 2.82. The summed E-state index contributed by atoms with van der Waals surface area (Å²) in [5, 5.41) is 3.44. The van der Waals surface area contributed by atoms with Crippen LogP contribution in [0.1, 0.15) is 50.2 Å². The standard InChI is InChI=1S/C16H22F3NS/c1-2-20-11-12-8-9-14(10-15(12)16(17,18)19)21-13-6-4-3-5-7-13/h8-10,13,20H,2-7,11H2,1H3. The van der Waals surface area contributed by atoms with Gasteiger partial charge in [-0.2, -0.15) is 13.2 Å². The van der Waals surface area contributed by atoms with Crippen LogP contribution in [0.15, 0.2) is 23.1 Å². The van der Waals surface area contributed by atoms with Crippen molar-refractivity contribution >= 4 is 11.8 Å². The first-order valence-electron chi connectivity index (χ1n) is 7.58. The third-order valence-corrected chi connectivity index (χ3v) is 5.14. The van der Waals surface area contributed by atoms with Gasteiger partial charge in [0, 0.05) is 16.7 Å². The van der Waals surface area contributed by atoms with Crippen molar-refractivity contribution in [3.8, 4) is 0 Å². The lowest BCUT2D eigenvalue weighted by Crippen LogP contribution is -2.17. The zero-order valence-corrected chi connectivity index (χ0v) is 13.1. The van der Waals surface area contributed by atoms with Crippen molar-refractivity contribution in [2.75, 3.05) is 6.54 Å². The molecule has 1 aromatic carbocycles. The molecule has 118 valence electrons. The molecule has 0 heterocycles. The molecule has 1 saturated carbocycles. The van der Waals surface area contributed by atoms with Gasteiger partial charge in [0.15, 0.2) is 0 Å². The van der Waals surface area contributed by atoms with Crippen LogP contribution in [0, 0.1) is 0 Å². The van der Waals surface area contributed by atoms with E-state index >= 15 is 0 Å². The minimum absolute atomic E-state index is 0.264. The highest BCUT2D eigenvalue weighted by atomic mass is 32.2. The third kappa shape index (κ3) is 4.92. The zero-order valence-electron chi connectivity index (χ0n) is 12.3. The van der Waals surface area contributed by atoms with Crippen LogP contribution in [-0.4, -0.2) is 11.8 Å². The van der Waals surface area contributed by atoms with Crippen LogP contribution in [0.4, 0.5) is 13.2 Å². The largest absolute Gasteiger partial charge is 0.416 e. The van der Waals surface area contributed by atoms with Gasteiger partial charge < -0.3 is 5.32 Å². The Morgan fingerprint density at radius 1 is 1.19 bits per heavy atom. The molecule has 0 spiro atoms. The first-order chi connectivity index (χ1) is 10.0. The van der Waals surface area contributed by atoms with Gasteiger partial charge in [-0.05, 0) is 37.1 Å². The van der Waals surface area contributed by atoms with Crippen molar-refractivity contribution in [1.82, 2.24) is 5.32 Å². The number of benzene rings is 1. The monoisotopic (exact) mass is 317 g/mol. The quantitative estimate of drug-likeness (QED) is 0.797. The Bertz CT molecular complexity index is 453. The predicted octanol–water partition coefficient (Wildman–Crippen LogP) is 5.24. The molecule has 0 amide bonds. The second-order valence-corrected chi connectivity index (χ2v) is 6.85. The van der Waals surface area contributed by atoms with Gasteiger partial charge in [0.1, 0.15) is 0 Å². The normalized spacial score (nSPS) is 17.1. The predicted molar refractivity (Wildman–Crippen MR) is 81.6 cm³/mol. The highest BCUT2D eigenvalue weighted by Crippen LogP contribution is 2.38. The van der Waals surface area contributed by atoms with Gasteiger partial charge in [0.05, 0.1) is 5.56 Å². The van der Waals surface area contributed by atoms with Crippen LogP contribution in [0.2, 0.25) is 0 Å². The topological polar surface area (TPSA) is 12.0 Å². The molecule has 0 aliphatic heterocycles. The van der Waals surface area contributed by atoms with Crippen molar-refractivity contribution in [1.29, 1.82) is 0 Å². The zero-order chi connectivity index (χ0) is 15.3. The number of nitrogens with one attached hydrogen (secondary N) is 1. The van der Waals surface area contributed by atoms with Gasteiger partial charge >= 0.3 is 6.18 Å². The Hall–Kier alpha value is -0.680. The molecule has 1 fully saturated rings. The van der Waals surface area contributed by atoms with Gasteiger partial charge in [0.25, 0.3) is 0 Å². The van der Waals surface area contributed by atoms with E-state index in [2.05, 4.69) is 5.32 Å². The van der Waals surface area contributed by atoms with Crippen LogP contribution >= 0.6 is 11.8 Å². The van der Waals surface area contributed by atoms with E-state index in [4.69, 9.17) is 0 Å². The Kier molecular flexibility index (Phi) is 5.99. The lowest BCUT2D eigenvalue weighted by molar-refractivity contribution is -0.138. The Morgan fingerprint density at radius 3 is 2.52 bits per heavy atom. The molecule has 0 bridgehead atoms. The van der Waals surface area contributed by atoms with Crippen molar-refractivity contribution < 1.29 is 13.2 Å². The molecule has 1 aliphatic carbocycles. The second-order valence-electron chi connectivity index (χ2n) is 5.47. The molecule has 1 aliphatic rings. The summed E-state index contributed by atoms with van der Waals surface area (Å²) in [6.07, 6.45) is 1.60. The minimum atomic E-state index is -4.28. The minimum Gasteiger partial charge on any atom is -0.313 e. The molecular formula is C16H22F3NS. The maximum Gasteiger partial charge on any atom is 0.416 e. The molecule has 5 heteroatoms. The van der Waals surface area contributed by atoms with E-state index in [1.54, 1.807) is 17.8 Å². The summed E-state index contributed by atoms with van der Waals surface area (Å²) < 4.78 is 39.6. The first-order valence-corrected chi connectivity index (χ1v) is 8.46. The van der Waals surface area contributed by atoms with E-state index < -0.39 is 11.7 Å². The SMILES string of the molecule is CCNCc1ccc(SC2CCCCC2)cc1C(F)(F)F. The molecule has 1 aromatic rings. The molecule has 1 nitrogen and oxygen atoms in total. The fourth-order valence-corrected chi connectivity index (χ4v) is 3.97. The Balaban J connectivity index is 2.15. The van der Waals surface area contributed by atoms with Crippen molar-refractivity contribution in [3.05, 3.63) is 29.3 Å². The molecule has 0 saturated heterocycles. The highest BCUT2D eigenvalue weighted by Gasteiger charge is 2.33. The first kappa shape index (κ1) is 16.7. The molecule has 0 unspecified atom stereocenters. The van der Waals surface area contributed by atoms with Crippen LogP contribution < -0.4 is 5.32 Å². The summed E-state index contributed by atoms with van der Waals surface area (Å²) >= 11 is 1.61. The smallest absolute Gasteiger partial charge is 0.313 e. The van der Waals surface area contributed by atoms with Crippen molar-refractivity contribution in [3.63, 3.8) is 0 Å². The van der Waals surface area contributed by atoms with Crippen LogP contribution in [-0.2, 0) is 12.7 Å². The summed E-state index contributed by atoms with van der Waals surface area (Å²) in [4.78, 5) is 0.745. The van der Waals surface area contributed by atoms with Gasteiger partial charge in [-0.3, -0.25) is 0 Å². The molecule has 2 rings (SSSR count).